The van der Waals surface area contributed by atoms with Crippen molar-refractivity contribution in [3.8, 4) is 0 Å². The second-order valence-electron chi connectivity index (χ2n) is 7.58. The van der Waals surface area contributed by atoms with Crippen molar-refractivity contribution in [3.05, 3.63) is 46.2 Å². The molecule has 2 amide bonds. The first kappa shape index (κ1) is 18.0. The maximum atomic E-state index is 12.8. The van der Waals surface area contributed by atoms with Gasteiger partial charge in [-0.15, -0.1) is 11.3 Å². The molecule has 1 saturated carbocycles. The Morgan fingerprint density at radius 1 is 1.07 bits per heavy atom. The second kappa shape index (κ2) is 7.72. The molecule has 2 N–H and O–H groups in total. The van der Waals surface area contributed by atoms with E-state index in [1.54, 1.807) is 6.07 Å². The van der Waals surface area contributed by atoms with E-state index in [-0.39, 0.29) is 11.8 Å². The summed E-state index contributed by atoms with van der Waals surface area (Å²) in [6.45, 7) is 4.21. The predicted molar refractivity (Wildman–Crippen MR) is 110 cm³/mol. The van der Waals surface area contributed by atoms with Crippen molar-refractivity contribution in [3.63, 3.8) is 0 Å². The van der Waals surface area contributed by atoms with Crippen molar-refractivity contribution >= 4 is 34.5 Å². The van der Waals surface area contributed by atoms with Crippen molar-refractivity contribution in [2.75, 3.05) is 23.3 Å². The van der Waals surface area contributed by atoms with Gasteiger partial charge in [-0.3, -0.25) is 9.59 Å². The minimum Gasteiger partial charge on any atom is -0.371 e. The van der Waals surface area contributed by atoms with Gasteiger partial charge < -0.3 is 15.5 Å². The van der Waals surface area contributed by atoms with Gasteiger partial charge in [0.05, 0.1) is 10.4 Å². The lowest BCUT2D eigenvalue weighted by atomic mass is 9.97. The highest BCUT2D eigenvalue weighted by atomic mass is 32.1. The lowest BCUT2D eigenvalue weighted by Gasteiger charge is -2.33. The molecule has 1 aromatic heterocycles. The van der Waals surface area contributed by atoms with E-state index in [9.17, 15) is 9.59 Å². The number of hydrogen-bond acceptors (Lipinski definition) is 4. The number of thiophene rings is 1. The molecule has 142 valence electrons. The van der Waals surface area contributed by atoms with E-state index in [2.05, 4.69) is 22.5 Å². The lowest BCUT2D eigenvalue weighted by Crippen LogP contribution is -2.35. The number of nitrogens with zero attached hydrogens (tertiary/aromatic N) is 1. The van der Waals surface area contributed by atoms with E-state index >= 15 is 0 Å². The molecule has 4 rings (SSSR count). The van der Waals surface area contributed by atoms with E-state index in [1.807, 2.05) is 29.6 Å². The number of amides is 2. The summed E-state index contributed by atoms with van der Waals surface area (Å²) in [4.78, 5) is 28.2. The molecule has 2 heterocycles. The van der Waals surface area contributed by atoms with Gasteiger partial charge in [-0.25, -0.2) is 0 Å². The molecule has 1 saturated heterocycles. The van der Waals surface area contributed by atoms with Gasteiger partial charge in [0.2, 0.25) is 0 Å². The molecular formula is C21H25N3O2S. The van der Waals surface area contributed by atoms with E-state index < -0.39 is 0 Å². The Hall–Kier alpha value is -2.34. The number of nitrogens with one attached hydrogen (secondary N) is 2. The number of carbonyl (C=O) groups is 2. The summed E-state index contributed by atoms with van der Waals surface area (Å²) < 4.78 is 0. The number of benzene rings is 1. The van der Waals surface area contributed by atoms with Crippen LogP contribution in [0, 0.1) is 5.92 Å². The first-order valence-electron chi connectivity index (χ1n) is 9.65. The van der Waals surface area contributed by atoms with Crippen LogP contribution in [0.15, 0.2) is 35.7 Å². The number of rotatable bonds is 5. The largest absolute Gasteiger partial charge is 0.371 e. The highest BCUT2D eigenvalue weighted by Crippen LogP contribution is 2.30. The van der Waals surface area contributed by atoms with Crippen molar-refractivity contribution in [1.29, 1.82) is 0 Å². The van der Waals surface area contributed by atoms with Crippen LogP contribution < -0.4 is 15.5 Å². The Morgan fingerprint density at radius 2 is 1.85 bits per heavy atom. The maximum Gasteiger partial charge on any atom is 0.265 e. The summed E-state index contributed by atoms with van der Waals surface area (Å²) in [5.41, 5.74) is 2.28. The fourth-order valence-electron chi connectivity index (χ4n) is 3.41. The second-order valence-corrected chi connectivity index (χ2v) is 8.53. The van der Waals surface area contributed by atoms with Crippen molar-refractivity contribution < 1.29 is 9.59 Å². The van der Waals surface area contributed by atoms with Crippen LogP contribution in [0.4, 0.5) is 11.4 Å². The first-order valence-corrected chi connectivity index (χ1v) is 10.5. The number of carbonyl (C=O) groups excluding carboxylic acids is 2. The molecular weight excluding hydrogens is 358 g/mol. The SMILES string of the molecule is CC1CCN(c2ccc(NC(=O)c3cccs3)cc2C(=O)NC2CC2)CC1. The van der Waals surface area contributed by atoms with Gasteiger partial charge in [0.15, 0.2) is 0 Å². The highest BCUT2D eigenvalue weighted by Gasteiger charge is 2.27. The monoisotopic (exact) mass is 383 g/mol. The Bertz CT molecular complexity index is 822. The van der Waals surface area contributed by atoms with Gasteiger partial charge in [0, 0.05) is 30.5 Å². The van der Waals surface area contributed by atoms with Gasteiger partial charge >= 0.3 is 0 Å². The number of piperidine rings is 1. The molecule has 0 bridgehead atoms. The predicted octanol–water partition coefficient (Wildman–Crippen LogP) is 4.13. The minimum atomic E-state index is -0.141. The Kier molecular flexibility index (Phi) is 5.16. The Morgan fingerprint density at radius 3 is 2.52 bits per heavy atom. The van der Waals surface area contributed by atoms with Crippen molar-refractivity contribution in [2.45, 2.75) is 38.6 Å². The summed E-state index contributed by atoms with van der Waals surface area (Å²) in [5.74, 6) is 0.547. The van der Waals surface area contributed by atoms with Crippen LogP contribution in [0.1, 0.15) is 52.6 Å². The summed E-state index contributed by atoms with van der Waals surface area (Å²) in [5, 5.41) is 7.89. The molecule has 1 aliphatic heterocycles. The Labute approximate surface area is 163 Å². The van der Waals surface area contributed by atoms with Gasteiger partial charge in [-0.05, 0) is 61.2 Å². The minimum absolute atomic E-state index is 0.0432. The van der Waals surface area contributed by atoms with Gasteiger partial charge in [-0.2, -0.15) is 0 Å². The Balaban J connectivity index is 1.58. The summed E-state index contributed by atoms with van der Waals surface area (Å²) >= 11 is 1.40. The third-order valence-electron chi connectivity index (χ3n) is 5.28. The molecule has 2 aromatic rings. The van der Waals surface area contributed by atoms with E-state index in [4.69, 9.17) is 0 Å². The van der Waals surface area contributed by atoms with Crippen LogP contribution in [0.2, 0.25) is 0 Å². The van der Waals surface area contributed by atoms with Crippen LogP contribution in [0.25, 0.3) is 0 Å². The first-order chi connectivity index (χ1) is 13.1. The molecule has 2 aliphatic rings. The van der Waals surface area contributed by atoms with Crippen LogP contribution in [0.3, 0.4) is 0 Å². The molecule has 5 nitrogen and oxygen atoms in total. The van der Waals surface area contributed by atoms with Gasteiger partial charge in [0.1, 0.15) is 0 Å². The molecule has 0 spiro atoms. The third-order valence-corrected chi connectivity index (χ3v) is 6.15. The lowest BCUT2D eigenvalue weighted by molar-refractivity contribution is 0.0950. The molecule has 0 unspecified atom stereocenters. The zero-order valence-electron chi connectivity index (χ0n) is 15.5. The molecule has 6 heteroatoms. The van der Waals surface area contributed by atoms with E-state index in [0.717, 1.165) is 50.4 Å². The van der Waals surface area contributed by atoms with Gasteiger partial charge in [0.25, 0.3) is 11.8 Å². The fourth-order valence-corrected chi connectivity index (χ4v) is 4.03. The summed E-state index contributed by atoms with van der Waals surface area (Å²) in [6, 6.07) is 9.64. The third kappa shape index (κ3) is 4.33. The molecule has 2 fully saturated rings. The topological polar surface area (TPSA) is 61.4 Å². The van der Waals surface area contributed by atoms with Crippen LogP contribution in [-0.2, 0) is 0 Å². The highest BCUT2D eigenvalue weighted by molar-refractivity contribution is 7.12. The molecule has 1 aromatic carbocycles. The summed E-state index contributed by atoms with van der Waals surface area (Å²) in [6.07, 6.45) is 4.38. The van der Waals surface area contributed by atoms with Crippen LogP contribution in [-0.4, -0.2) is 30.9 Å². The van der Waals surface area contributed by atoms with Crippen molar-refractivity contribution in [1.82, 2.24) is 5.32 Å². The maximum absolute atomic E-state index is 12.8. The zero-order chi connectivity index (χ0) is 18.8. The molecule has 1 aliphatic carbocycles. The average molecular weight is 384 g/mol. The normalized spacial score (nSPS) is 17.6. The molecule has 27 heavy (non-hydrogen) atoms. The quantitative estimate of drug-likeness (QED) is 0.816. The van der Waals surface area contributed by atoms with E-state index in [0.29, 0.717) is 22.2 Å². The average Bonchev–Trinajstić information content (AvgIpc) is 3.31. The molecule has 0 radical (unpaired) electrons. The van der Waals surface area contributed by atoms with E-state index in [1.165, 1.54) is 11.3 Å². The smallest absolute Gasteiger partial charge is 0.265 e. The van der Waals surface area contributed by atoms with Crippen LogP contribution in [0.5, 0.6) is 0 Å². The summed E-state index contributed by atoms with van der Waals surface area (Å²) in [7, 11) is 0. The van der Waals surface area contributed by atoms with Gasteiger partial charge in [-0.1, -0.05) is 13.0 Å². The zero-order valence-corrected chi connectivity index (χ0v) is 16.3. The fraction of sp³-hybridized carbons (Fsp3) is 0.429. The molecule has 0 atom stereocenters. The standard InChI is InChI=1S/C21H25N3O2S/c1-14-8-10-24(11-9-14)18-7-6-16(23-21(26)19-3-2-12-27-19)13-17(18)20(25)22-15-4-5-15/h2-3,6-7,12-15H,4-5,8-11H2,1H3,(H,22,25)(H,23,26). The van der Waals surface area contributed by atoms with Crippen molar-refractivity contribution in [2.24, 2.45) is 5.92 Å². The van der Waals surface area contributed by atoms with Crippen LogP contribution >= 0.6 is 11.3 Å². The number of hydrogen-bond donors (Lipinski definition) is 2. The number of anilines is 2.